The van der Waals surface area contributed by atoms with Crippen LogP contribution in [-0.4, -0.2) is 17.9 Å². The van der Waals surface area contributed by atoms with Gasteiger partial charge in [-0.25, -0.2) is 8.78 Å². The predicted molar refractivity (Wildman–Crippen MR) is 98.8 cm³/mol. The van der Waals surface area contributed by atoms with Crippen LogP contribution in [0.25, 0.3) is 10.8 Å². The third-order valence-corrected chi connectivity index (χ3v) is 4.22. The first-order valence-corrected chi connectivity index (χ1v) is 8.42. The monoisotopic (exact) mass is 368 g/mol. The van der Waals surface area contributed by atoms with Gasteiger partial charge in [0.1, 0.15) is 17.7 Å². The molecule has 0 saturated carbocycles. The fourth-order valence-electron chi connectivity index (χ4n) is 2.97. The number of fused-ring (bicyclic) bond motifs is 1. The molecule has 0 heterocycles. The molecular weight excluding hydrogens is 350 g/mol. The largest absolute Gasteiger partial charge is 0.368 e. The van der Waals surface area contributed by atoms with Crippen molar-refractivity contribution in [1.82, 2.24) is 5.32 Å². The zero-order valence-electron chi connectivity index (χ0n) is 14.4. The highest BCUT2D eigenvalue weighted by molar-refractivity contribution is 5.88. The Bertz CT molecular complexity index is 984. The predicted octanol–water partition coefficient (Wildman–Crippen LogP) is 2.87. The van der Waals surface area contributed by atoms with Gasteiger partial charge < -0.3 is 11.1 Å². The minimum Gasteiger partial charge on any atom is -0.368 e. The number of nitrogens with one attached hydrogen (secondary N) is 1. The van der Waals surface area contributed by atoms with E-state index in [4.69, 9.17) is 5.73 Å². The topological polar surface area (TPSA) is 72.2 Å². The number of hydrogen-bond acceptors (Lipinski definition) is 2. The van der Waals surface area contributed by atoms with Crippen LogP contribution in [-0.2, 0) is 22.4 Å². The van der Waals surface area contributed by atoms with Crippen molar-refractivity contribution in [3.8, 4) is 0 Å². The first-order chi connectivity index (χ1) is 12.9. The Balaban J connectivity index is 1.71. The Morgan fingerprint density at radius 1 is 0.889 bits per heavy atom. The fourth-order valence-corrected chi connectivity index (χ4v) is 2.97. The van der Waals surface area contributed by atoms with Gasteiger partial charge in [-0.05, 0) is 34.0 Å². The van der Waals surface area contributed by atoms with Gasteiger partial charge in [0.05, 0.1) is 6.42 Å². The van der Waals surface area contributed by atoms with E-state index in [2.05, 4.69) is 5.32 Å². The highest BCUT2D eigenvalue weighted by Gasteiger charge is 2.19. The number of halogens is 2. The number of amides is 2. The second-order valence-corrected chi connectivity index (χ2v) is 6.36. The number of nitrogens with two attached hydrogens (primary N) is 1. The van der Waals surface area contributed by atoms with Crippen LogP contribution < -0.4 is 11.1 Å². The van der Waals surface area contributed by atoms with Crippen LogP contribution in [0.15, 0.2) is 60.7 Å². The zero-order valence-corrected chi connectivity index (χ0v) is 14.4. The van der Waals surface area contributed by atoms with Crippen molar-refractivity contribution in [2.75, 3.05) is 0 Å². The normalized spacial score (nSPS) is 11.9. The maximum Gasteiger partial charge on any atom is 0.240 e. The summed E-state index contributed by atoms with van der Waals surface area (Å²) in [6.07, 6.45) is -0.0282. The molecule has 0 radical (unpaired) electrons. The lowest BCUT2D eigenvalue weighted by Gasteiger charge is -2.16. The van der Waals surface area contributed by atoms with Crippen LogP contribution in [0.2, 0.25) is 0 Å². The Morgan fingerprint density at radius 2 is 1.56 bits per heavy atom. The van der Waals surface area contributed by atoms with Gasteiger partial charge in [0, 0.05) is 12.5 Å². The Labute approximate surface area is 155 Å². The molecule has 3 N–H and O–H groups in total. The fraction of sp³-hybridized carbons (Fsp3) is 0.143. The summed E-state index contributed by atoms with van der Waals surface area (Å²) in [5, 5.41) is 4.62. The summed E-state index contributed by atoms with van der Waals surface area (Å²) < 4.78 is 26.5. The molecule has 0 saturated heterocycles. The van der Waals surface area contributed by atoms with Crippen molar-refractivity contribution in [3.63, 3.8) is 0 Å². The number of benzene rings is 3. The van der Waals surface area contributed by atoms with Crippen molar-refractivity contribution in [2.45, 2.75) is 18.9 Å². The van der Waals surface area contributed by atoms with Crippen LogP contribution in [0, 0.1) is 11.6 Å². The lowest BCUT2D eigenvalue weighted by atomic mass is 10.0. The van der Waals surface area contributed by atoms with Crippen LogP contribution in [0.4, 0.5) is 8.78 Å². The Morgan fingerprint density at radius 3 is 2.22 bits per heavy atom. The second-order valence-electron chi connectivity index (χ2n) is 6.36. The van der Waals surface area contributed by atoms with E-state index in [1.54, 1.807) is 0 Å². The average molecular weight is 368 g/mol. The summed E-state index contributed by atoms with van der Waals surface area (Å²) in [7, 11) is 0. The lowest BCUT2D eigenvalue weighted by molar-refractivity contribution is -0.127. The van der Waals surface area contributed by atoms with Crippen molar-refractivity contribution in [2.24, 2.45) is 5.73 Å². The molecule has 0 aliphatic carbocycles. The Hall–Kier alpha value is -3.28. The summed E-state index contributed by atoms with van der Waals surface area (Å²) in [6, 6.07) is 15.5. The van der Waals surface area contributed by atoms with E-state index in [-0.39, 0.29) is 18.4 Å². The van der Waals surface area contributed by atoms with Gasteiger partial charge in [0.2, 0.25) is 11.8 Å². The van der Waals surface area contributed by atoms with Crippen molar-refractivity contribution < 1.29 is 18.4 Å². The van der Waals surface area contributed by atoms with E-state index in [0.717, 1.165) is 34.5 Å². The number of rotatable bonds is 6. The summed E-state index contributed by atoms with van der Waals surface area (Å²) >= 11 is 0. The van der Waals surface area contributed by atoms with Crippen LogP contribution in [0.5, 0.6) is 0 Å². The first kappa shape index (κ1) is 18.5. The molecule has 3 rings (SSSR count). The highest BCUT2D eigenvalue weighted by atomic mass is 19.1. The van der Waals surface area contributed by atoms with Gasteiger partial charge >= 0.3 is 0 Å². The van der Waals surface area contributed by atoms with Gasteiger partial charge in [-0.2, -0.15) is 0 Å². The molecule has 0 aliphatic rings. The third kappa shape index (κ3) is 4.88. The van der Waals surface area contributed by atoms with E-state index < -0.39 is 29.5 Å². The molecule has 0 bridgehead atoms. The summed E-state index contributed by atoms with van der Waals surface area (Å²) in [5.41, 5.74) is 6.44. The lowest BCUT2D eigenvalue weighted by Crippen LogP contribution is -2.46. The van der Waals surface area contributed by atoms with Gasteiger partial charge in [0.25, 0.3) is 0 Å². The molecule has 2 amide bonds. The molecule has 0 aromatic heterocycles. The molecule has 4 nitrogen and oxygen atoms in total. The second kappa shape index (κ2) is 7.95. The maximum absolute atomic E-state index is 13.2. The van der Waals surface area contributed by atoms with Gasteiger partial charge in [-0.3, -0.25) is 9.59 Å². The van der Waals surface area contributed by atoms with Crippen LogP contribution in [0.3, 0.4) is 0 Å². The van der Waals surface area contributed by atoms with Gasteiger partial charge in [-0.1, -0.05) is 42.5 Å². The van der Waals surface area contributed by atoms with Crippen molar-refractivity contribution >= 4 is 22.6 Å². The first-order valence-electron chi connectivity index (χ1n) is 8.42. The molecule has 3 aromatic carbocycles. The summed E-state index contributed by atoms with van der Waals surface area (Å²) in [5.74, 6) is -2.74. The molecular formula is C21H18F2N2O2. The molecule has 3 aromatic rings. The van der Waals surface area contributed by atoms with Crippen LogP contribution in [0.1, 0.15) is 11.1 Å². The minimum absolute atomic E-state index is 0.180. The van der Waals surface area contributed by atoms with E-state index >= 15 is 0 Å². The summed E-state index contributed by atoms with van der Waals surface area (Å²) in [6.45, 7) is 0. The van der Waals surface area contributed by atoms with Crippen molar-refractivity contribution in [1.29, 1.82) is 0 Å². The van der Waals surface area contributed by atoms with E-state index in [1.165, 1.54) is 0 Å². The third-order valence-electron chi connectivity index (χ3n) is 4.22. The smallest absolute Gasteiger partial charge is 0.240 e. The minimum atomic E-state index is -0.919. The molecule has 1 atom stereocenters. The number of carbonyl (C=O) groups excluding carboxylic acids is 2. The highest BCUT2D eigenvalue weighted by Crippen LogP contribution is 2.17. The summed E-state index contributed by atoms with van der Waals surface area (Å²) in [4.78, 5) is 23.9. The van der Waals surface area contributed by atoms with E-state index in [0.29, 0.717) is 0 Å². The molecule has 0 unspecified atom stereocenters. The molecule has 27 heavy (non-hydrogen) atoms. The van der Waals surface area contributed by atoms with Crippen LogP contribution >= 0.6 is 0 Å². The molecule has 0 aliphatic heterocycles. The number of hydrogen-bond donors (Lipinski definition) is 2. The SMILES string of the molecule is NC(=O)[C@@H](Cc1ccc2ccccc2c1)NC(=O)Cc1cc(F)cc(F)c1. The van der Waals surface area contributed by atoms with E-state index in [1.807, 2.05) is 42.5 Å². The average Bonchev–Trinajstić information content (AvgIpc) is 2.60. The van der Waals surface area contributed by atoms with Crippen molar-refractivity contribution in [3.05, 3.63) is 83.4 Å². The quantitative estimate of drug-likeness (QED) is 0.702. The zero-order chi connectivity index (χ0) is 19.4. The molecule has 0 spiro atoms. The molecule has 138 valence electrons. The standard InChI is InChI=1S/C21H18F2N2O2/c22-17-8-14(9-18(23)12-17)11-20(26)25-19(21(24)27)10-13-5-6-15-3-1-2-4-16(15)7-13/h1-9,12,19H,10-11H2,(H2,24,27)(H,25,26)/t19-/m1/s1. The number of carbonyl (C=O) groups is 2. The maximum atomic E-state index is 13.2. The van der Waals surface area contributed by atoms with E-state index in [9.17, 15) is 18.4 Å². The molecule has 6 heteroatoms. The number of primary amides is 1. The molecule has 0 fully saturated rings. The van der Waals surface area contributed by atoms with Gasteiger partial charge in [-0.15, -0.1) is 0 Å². The Kier molecular flexibility index (Phi) is 5.45. The van der Waals surface area contributed by atoms with Gasteiger partial charge in [0.15, 0.2) is 0 Å².